The number of carbonyl (C=O) groups excluding carboxylic acids is 2. The smallest absolute Gasteiger partial charge is 0.322 e. The Balaban J connectivity index is 1.16. The second kappa shape index (κ2) is 9.49. The highest BCUT2D eigenvalue weighted by Gasteiger charge is 2.33. The van der Waals surface area contributed by atoms with Gasteiger partial charge in [-0.3, -0.25) is 9.59 Å². The van der Waals surface area contributed by atoms with Crippen LogP contribution >= 0.6 is 0 Å². The summed E-state index contributed by atoms with van der Waals surface area (Å²) in [5, 5.41) is 12.7. The number of hydrogen-bond donors (Lipinski definition) is 2. The quantitative estimate of drug-likeness (QED) is 0.684. The number of urea groups is 1. The van der Waals surface area contributed by atoms with E-state index < -0.39 is 11.9 Å². The molecule has 0 radical (unpaired) electrons. The van der Waals surface area contributed by atoms with Crippen molar-refractivity contribution in [2.24, 2.45) is 5.92 Å². The molecule has 1 fully saturated rings. The van der Waals surface area contributed by atoms with Crippen LogP contribution in [0.2, 0.25) is 0 Å². The predicted octanol–water partition coefficient (Wildman–Crippen LogP) is 3.85. The number of para-hydroxylation sites is 1. The lowest BCUT2D eigenvalue weighted by Gasteiger charge is -2.40. The third-order valence-corrected chi connectivity index (χ3v) is 7.53. The van der Waals surface area contributed by atoms with Gasteiger partial charge in [0.05, 0.1) is 5.92 Å². The van der Waals surface area contributed by atoms with E-state index in [-0.39, 0.29) is 24.4 Å². The maximum absolute atomic E-state index is 13.0. The molecule has 7 nitrogen and oxygen atoms in total. The highest BCUT2D eigenvalue weighted by Crippen LogP contribution is 2.28. The minimum atomic E-state index is -0.924. The molecule has 2 aromatic carbocycles. The summed E-state index contributed by atoms with van der Waals surface area (Å²) in [6.07, 6.45) is 5.08. The minimum Gasteiger partial charge on any atom is -0.481 e. The van der Waals surface area contributed by atoms with Gasteiger partial charge in [-0.05, 0) is 66.8 Å². The van der Waals surface area contributed by atoms with Crippen molar-refractivity contribution >= 4 is 23.6 Å². The van der Waals surface area contributed by atoms with Crippen LogP contribution in [0.5, 0.6) is 0 Å². The Labute approximate surface area is 199 Å². The maximum atomic E-state index is 13.0. The van der Waals surface area contributed by atoms with Gasteiger partial charge in [-0.2, -0.15) is 0 Å². The summed E-state index contributed by atoms with van der Waals surface area (Å²) in [7, 11) is 0. The molecular weight excluding hydrogens is 430 g/mol. The summed E-state index contributed by atoms with van der Waals surface area (Å²) in [5.41, 5.74) is 5.63. The number of piperidine rings is 1. The molecule has 0 aromatic heterocycles. The number of nitrogens with zero attached hydrogens (tertiary/aromatic N) is 2. The molecular formula is C27H31N3O4. The number of hydrogen-bond acceptors (Lipinski definition) is 3. The van der Waals surface area contributed by atoms with Crippen LogP contribution in [-0.2, 0) is 35.4 Å². The number of aliphatic carboxylic acids is 1. The number of carboxylic acid groups (broad SMARTS) is 1. The van der Waals surface area contributed by atoms with E-state index in [1.165, 1.54) is 11.1 Å². The van der Waals surface area contributed by atoms with Crippen LogP contribution in [0.1, 0.15) is 47.9 Å². The maximum Gasteiger partial charge on any atom is 0.322 e. The molecule has 1 aliphatic carbocycles. The van der Waals surface area contributed by atoms with Gasteiger partial charge in [0.2, 0.25) is 5.91 Å². The number of carboxylic acids is 1. The van der Waals surface area contributed by atoms with E-state index in [0.717, 1.165) is 36.1 Å². The second-order valence-electron chi connectivity index (χ2n) is 9.73. The van der Waals surface area contributed by atoms with Crippen LogP contribution in [0, 0.1) is 5.92 Å². The van der Waals surface area contributed by atoms with E-state index in [0.29, 0.717) is 38.9 Å². The van der Waals surface area contributed by atoms with Gasteiger partial charge in [0.25, 0.3) is 0 Å². The first kappa shape index (κ1) is 22.4. The van der Waals surface area contributed by atoms with Crippen LogP contribution in [0.25, 0.3) is 0 Å². The second-order valence-corrected chi connectivity index (χ2v) is 9.73. The average molecular weight is 462 g/mol. The van der Waals surface area contributed by atoms with Crippen molar-refractivity contribution in [1.29, 1.82) is 0 Å². The van der Waals surface area contributed by atoms with Crippen molar-refractivity contribution in [2.45, 2.75) is 57.5 Å². The molecule has 2 aliphatic heterocycles. The Hall–Kier alpha value is -3.35. The Bertz CT molecular complexity index is 1110. The van der Waals surface area contributed by atoms with Crippen molar-refractivity contribution in [1.82, 2.24) is 9.80 Å². The molecule has 3 amide bonds. The van der Waals surface area contributed by atoms with Crippen LogP contribution in [-0.4, -0.2) is 51.9 Å². The Morgan fingerprint density at radius 1 is 1.03 bits per heavy atom. The number of nitrogens with one attached hydrogen (secondary N) is 1. The minimum absolute atomic E-state index is 0.00859. The molecule has 5 rings (SSSR count). The Morgan fingerprint density at radius 3 is 2.59 bits per heavy atom. The Kier molecular flexibility index (Phi) is 6.26. The molecule has 0 bridgehead atoms. The van der Waals surface area contributed by atoms with Gasteiger partial charge in [-0.15, -0.1) is 0 Å². The zero-order valence-corrected chi connectivity index (χ0v) is 19.3. The fraction of sp³-hybridized carbons (Fsp3) is 0.444. The van der Waals surface area contributed by atoms with Crippen molar-refractivity contribution in [3.05, 3.63) is 64.7 Å². The van der Waals surface area contributed by atoms with Gasteiger partial charge in [0, 0.05) is 37.8 Å². The number of fused-ring (bicyclic) bond motifs is 2. The fourth-order valence-electron chi connectivity index (χ4n) is 5.57. The molecule has 178 valence electrons. The first-order valence-corrected chi connectivity index (χ1v) is 12.2. The van der Waals surface area contributed by atoms with E-state index in [1.807, 2.05) is 35.2 Å². The van der Waals surface area contributed by atoms with Gasteiger partial charge < -0.3 is 20.2 Å². The van der Waals surface area contributed by atoms with Crippen molar-refractivity contribution < 1.29 is 19.5 Å². The molecule has 0 spiro atoms. The van der Waals surface area contributed by atoms with E-state index in [4.69, 9.17) is 0 Å². The average Bonchev–Trinajstić information content (AvgIpc) is 3.31. The molecule has 34 heavy (non-hydrogen) atoms. The first-order chi connectivity index (χ1) is 16.5. The van der Waals surface area contributed by atoms with Gasteiger partial charge in [-0.25, -0.2) is 4.79 Å². The Morgan fingerprint density at radius 2 is 1.79 bits per heavy atom. The number of carbonyl (C=O) groups is 3. The third kappa shape index (κ3) is 4.65. The van der Waals surface area contributed by atoms with Crippen LogP contribution in [0.4, 0.5) is 10.5 Å². The van der Waals surface area contributed by atoms with Crippen LogP contribution < -0.4 is 5.32 Å². The summed E-state index contributed by atoms with van der Waals surface area (Å²) < 4.78 is 0. The highest BCUT2D eigenvalue weighted by atomic mass is 16.4. The highest BCUT2D eigenvalue weighted by molar-refractivity contribution is 5.92. The number of rotatable bonds is 6. The van der Waals surface area contributed by atoms with Gasteiger partial charge in [0.1, 0.15) is 0 Å². The van der Waals surface area contributed by atoms with Crippen LogP contribution in [0.3, 0.4) is 0 Å². The number of benzene rings is 2. The molecule has 2 heterocycles. The van der Waals surface area contributed by atoms with Gasteiger partial charge in [-0.1, -0.05) is 36.4 Å². The number of likely N-dealkylation sites (tertiary alicyclic amines) is 1. The number of amides is 3. The first-order valence-electron chi connectivity index (χ1n) is 12.2. The molecule has 1 saturated heterocycles. The van der Waals surface area contributed by atoms with E-state index in [2.05, 4.69) is 17.4 Å². The molecule has 1 unspecified atom stereocenters. The molecule has 3 aliphatic rings. The molecule has 0 saturated carbocycles. The summed E-state index contributed by atoms with van der Waals surface area (Å²) in [6.45, 7) is 1.66. The van der Waals surface area contributed by atoms with E-state index >= 15 is 0 Å². The summed E-state index contributed by atoms with van der Waals surface area (Å²) in [6, 6.07) is 14.0. The molecule has 7 heteroatoms. The molecule has 2 aromatic rings. The topological polar surface area (TPSA) is 89.9 Å². The molecule has 2 N–H and O–H groups in total. The normalized spacial score (nSPS) is 18.8. The van der Waals surface area contributed by atoms with Crippen LogP contribution in [0.15, 0.2) is 42.5 Å². The van der Waals surface area contributed by atoms with Crippen molar-refractivity contribution in [2.75, 3.05) is 18.4 Å². The monoisotopic (exact) mass is 461 g/mol. The zero-order valence-electron chi connectivity index (χ0n) is 19.3. The summed E-state index contributed by atoms with van der Waals surface area (Å²) >= 11 is 0. The number of anilines is 1. The largest absolute Gasteiger partial charge is 0.481 e. The summed E-state index contributed by atoms with van der Waals surface area (Å²) in [4.78, 5) is 41.1. The standard InChI is InChI=1S/C27H31N3O4/c31-25(16-22(26(32)33)15-18-8-9-19-5-3-6-20(19)14-18)29-12-10-23(11-13-29)30-17-21-4-1-2-7-24(21)28-27(30)34/h1-2,4,7-9,14,22-23H,3,5-6,10-13,15-17H2,(H,28,34)(H,32,33). The zero-order chi connectivity index (χ0) is 23.7. The lowest BCUT2D eigenvalue weighted by atomic mass is 9.93. The predicted molar refractivity (Wildman–Crippen MR) is 129 cm³/mol. The third-order valence-electron chi connectivity index (χ3n) is 7.53. The van der Waals surface area contributed by atoms with Crippen molar-refractivity contribution in [3.63, 3.8) is 0 Å². The number of aryl methyl sites for hydroxylation is 2. The lowest BCUT2D eigenvalue weighted by molar-refractivity contribution is -0.146. The van der Waals surface area contributed by atoms with E-state index in [1.54, 1.807) is 4.90 Å². The fourth-order valence-corrected chi connectivity index (χ4v) is 5.57. The van der Waals surface area contributed by atoms with E-state index in [9.17, 15) is 19.5 Å². The molecule has 1 atom stereocenters. The van der Waals surface area contributed by atoms with Gasteiger partial charge >= 0.3 is 12.0 Å². The summed E-state index contributed by atoms with van der Waals surface area (Å²) in [5.74, 6) is -1.76. The SMILES string of the molecule is O=C(O)C(CC(=O)N1CCC(N2Cc3ccccc3NC2=O)CC1)Cc1ccc2c(c1)CCC2. The lowest BCUT2D eigenvalue weighted by Crippen LogP contribution is -2.51. The van der Waals surface area contributed by atoms with Crippen molar-refractivity contribution in [3.8, 4) is 0 Å². The van der Waals surface area contributed by atoms with Gasteiger partial charge in [0.15, 0.2) is 0 Å².